The predicted molar refractivity (Wildman–Crippen MR) is 93.5 cm³/mol. The maximum atomic E-state index is 12.6. The number of nitrogens with zero attached hydrogens (tertiary/aromatic N) is 5. The van der Waals surface area contributed by atoms with Crippen LogP contribution < -0.4 is 0 Å². The molecule has 0 unspecified atom stereocenters. The van der Waals surface area contributed by atoms with E-state index in [1.54, 1.807) is 0 Å². The number of piperazine rings is 1. The van der Waals surface area contributed by atoms with Crippen molar-refractivity contribution in [2.45, 2.75) is 65.5 Å². The lowest BCUT2D eigenvalue weighted by molar-refractivity contribution is -0.144. The number of hydrogen-bond acceptors (Lipinski definition) is 4. The molecule has 0 radical (unpaired) electrons. The number of carbonyl (C=O) groups excluding carboxylic acids is 1. The Morgan fingerprint density at radius 2 is 1.88 bits per heavy atom. The van der Waals surface area contributed by atoms with Gasteiger partial charge in [0.05, 0.1) is 6.54 Å². The van der Waals surface area contributed by atoms with Crippen LogP contribution in [0, 0.1) is 5.41 Å². The third-order valence-corrected chi connectivity index (χ3v) is 5.28. The first-order valence-corrected chi connectivity index (χ1v) is 9.02. The third kappa shape index (κ3) is 3.34. The molecule has 1 aromatic heterocycles. The molecule has 6 nitrogen and oxygen atoms in total. The molecule has 1 aliphatic heterocycles. The molecule has 0 bridgehead atoms. The predicted octanol–water partition coefficient (Wildman–Crippen LogP) is 2.16. The van der Waals surface area contributed by atoms with Gasteiger partial charge in [0.25, 0.3) is 0 Å². The normalized spacial score (nSPS) is 22.0. The van der Waals surface area contributed by atoms with E-state index in [-0.39, 0.29) is 16.9 Å². The average Bonchev–Trinajstić information content (AvgIpc) is 3.24. The zero-order valence-electron chi connectivity index (χ0n) is 16.0. The van der Waals surface area contributed by atoms with Crippen molar-refractivity contribution in [2.24, 2.45) is 12.5 Å². The summed E-state index contributed by atoms with van der Waals surface area (Å²) in [5, 5.41) is 8.81. The van der Waals surface area contributed by atoms with Crippen molar-refractivity contribution in [3.05, 3.63) is 11.6 Å². The fourth-order valence-electron chi connectivity index (χ4n) is 3.51. The highest BCUT2D eigenvalue weighted by Gasteiger charge is 2.39. The molecule has 2 fully saturated rings. The molecule has 2 heterocycles. The summed E-state index contributed by atoms with van der Waals surface area (Å²) in [4.78, 5) is 17.0. The quantitative estimate of drug-likeness (QED) is 0.851. The van der Waals surface area contributed by atoms with Gasteiger partial charge < -0.3 is 9.47 Å². The molecule has 1 aromatic rings. The van der Waals surface area contributed by atoms with Crippen LogP contribution in [0.1, 0.15) is 65.0 Å². The van der Waals surface area contributed by atoms with Crippen LogP contribution in [0.2, 0.25) is 0 Å². The van der Waals surface area contributed by atoms with Crippen LogP contribution in [-0.2, 0) is 18.4 Å². The Balaban J connectivity index is 1.69. The molecule has 1 amide bonds. The fraction of sp³-hybridized carbons (Fsp3) is 0.833. The van der Waals surface area contributed by atoms with Crippen molar-refractivity contribution >= 4 is 5.91 Å². The van der Waals surface area contributed by atoms with E-state index in [0.717, 1.165) is 37.8 Å². The van der Waals surface area contributed by atoms with E-state index in [4.69, 9.17) is 0 Å². The number of amides is 1. The second-order valence-corrected chi connectivity index (χ2v) is 9.02. The maximum Gasteiger partial charge on any atom is 0.228 e. The first-order valence-electron chi connectivity index (χ1n) is 9.02. The number of aromatic nitrogens is 3. The highest BCUT2D eigenvalue weighted by atomic mass is 16.2. The lowest BCUT2D eigenvalue weighted by atomic mass is 9.91. The van der Waals surface area contributed by atoms with E-state index in [1.165, 1.54) is 12.8 Å². The van der Waals surface area contributed by atoms with E-state index < -0.39 is 0 Å². The Morgan fingerprint density at radius 3 is 2.42 bits per heavy atom. The summed E-state index contributed by atoms with van der Waals surface area (Å²) in [7, 11) is 2.08. The molecule has 1 saturated carbocycles. The van der Waals surface area contributed by atoms with Gasteiger partial charge in [0.2, 0.25) is 5.91 Å². The minimum Gasteiger partial charge on any atom is -0.339 e. The maximum absolute atomic E-state index is 12.6. The SMILES string of the molecule is Cn1c(CN2CCN(C(=O)C(C)(C)C)CC2(C)C)nnc1C1CC1. The van der Waals surface area contributed by atoms with Crippen LogP contribution >= 0.6 is 0 Å². The molecule has 134 valence electrons. The Labute approximate surface area is 145 Å². The minimum atomic E-state index is -0.318. The van der Waals surface area contributed by atoms with Crippen LogP contribution in [0.15, 0.2) is 0 Å². The molecule has 0 aromatic carbocycles. The van der Waals surface area contributed by atoms with Crippen molar-refractivity contribution in [3.8, 4) is 0 Å². The monoisotopic (exact) mass is 333 g/mol. The second-order valence-electron chi connectivity index (χ2n) is 9.02. The summed E-state index contributed by atoms with van der Waals surface area (Å²) < 4.78 is 2.17. The molecule has 1 saturated heterocycles. The highest BCUT2D eigenvalue weighted by Crippen LogP contribution is 2.39. The van der Waals surface area contributed by atoms with Crippen molar-refractivity contribution < 1.29 is 4.79 Å². The van der Waals surface area contributed by atoms with Crippen LogP contribution in [0.3, 0.4) is 0 Å². The first kappa shape index (κ1) is 17.4. The molecule has 6 heteroatoms. The molecule has 2 aliphatic rings. The number of carbonyl (C=O) groups is 1. The lowest BCUT2D eigenvalue weighted by Crippen LogP contribution is -2.61. The van der Waals surface area contributed by atoms with E-state index >= 15 is 0 Å². The molecule has 3 rings (SSSR count). The zero-order valence-corrected chi connectivity index (χ0v) is 16.0. The van der Waals surface area contributed by atoms with Crippen molar-refractivity contribution in [3.63, 3.8) is 0 Å². The van der Waals surface area contributed by atoms with Crippen LogP contribution in [0.25, 0.3) is 0 Å². The summed E-state index contributed by atoms with van der Waals surface area (Å²) in [6.07, 6.45) is 2.48. The Morgan fingerprint density at radius 1 is 1.21 bits per heavy atom. The fourth-order valence-corrected chi connectivity index (χ4v) is 3.51. The topological polar surface area (TPSA) is 54.3 Å². The van der Waals surface area contributed by atoms with Gasteiger partial charge in [-0.3, -0.25) is 9.69 Å². The Hall–Kier alpha value is -1.43. The Kier molecular flexibility index (Phi) is 4.22. The molecule has 0 spiro atoms. The van der Waals surface area contributed by atoms with Gasteiger partial charge in [-0.05, 0) is 26.7 Å². The first-order chi connectivity index (χ1) is 11.1. The number of rotatable bonds is 3. The minimum absolute atomic E-state index is 0.0646. The third-order valence-electron chi connectivity index (χ3n) is 5.28. The van der Waals surface area contributed by atoms with Gasteiger partial charge in [-0.25, -0.2) is 0 Å². The average molecular weight is 333 g/mol. The smallest absolute Gasteiger partial charge is 0.228 e. The van der Waals surface area contributed by atoms with Gasteiger partial charge in [0, 0.05) is 43.6 Å². The molecule has 0 atom stereocenters. The molecular formula is C18H31N5O. The second kappa shape index (κ2) is 5.83. The van der Waals surface area contributed by atoms with E-state index in [9.17, 15) is 4.79 Å². The lowest BCUT2D eigenvalue weighted by Gasteiger charge is -2.48. The van der Waals surface area contributed by atoms with Crippen molar-refractivity contribution in [2.75, 3.05) is 19.6 Å². The van der Waals surface area contributed by atoms with Crippen LogP contribution in [0.4, 0.5) is 0 Å². The largest absolute Gasteiger partial charge is 0.339 e. The molecule has 0 N–H and O–H groups in total. The van der Waals surface area contributed by atoms with E-state index in [1.807, 2.05) is 25.7 Å². The zero-order chi connectivity index (χ0) is 17.7. The summed E-state index contributed by atoms with van der Waals surface area (Å²) in [5.41, 5.74) is -0.383. The molecule has 24 heavy (non-hydrogen) atoms. The van der Waals surface area contributed by atoms with E-state index in [2.05, 4.69) is 40.6 Å². The van der Waals surface area contributed by atoms with Gasteiger partial charge in [-0.2, -0.15) is 0 Å². The van der Waals surface area contributed by atoms with Gasteiger partial charge in [0.1, 0.15) is 11.6 Å². The van der Waals surface area contributed by atoms with Gasteiger partial charge in [0.15, 0.2) is 0 Å². The van der Waals surface area contributed by atoms with Gasteiger partial charge in [-0.1, -0.05) is 20.8 Å². The summed E-state index contributed by atoms with van der Waals surface area (Å²) in [6.45, 7) is 13.6. The number of hydrogen-bond donors (Lipinski definition) is 0. The summed E-state index contributed by atoms with van der Waals surface area (Å²) in [5.74, 6) is 3.01. The summed E-state index contributed by atoms with van der Waals surface area (Å²) >= 11 is 0. The van der Waals surface area contributed by atoms with Crippen molar-refractivity contribution in [1.29, 1.82) is 0 Å². The van der Waals surface area contributed by atoms with Gasteiger partial charge >= 0.3 is 0 Å². The van der Waals surface area contributed by atoms with E-state index in [0.29, 0.717) is 5.92 Å². The summed E-state index contributed by atoms with van der Waals surface area (Å²) in [6, 6.07) is 0. The highest BCUT2D eigenvalue weighted by molar-refractivity contribution is 5.81. The Bertz CT molecular complexity index is 624. The van der Waals surface area contributed by atoms with Crippen LogP contribution in [0.5, 0.6) is 0 Å². The van der Waals surface area contributed by atoms with Crippen molar-refractivity contribution in [1.82, 2.24) is 24.6 Å². The molecular weight excluding hydrogens is 302 g/mol. The van der Waals surface area contributed by atoms with Crippen LogP contribution in [-0.4, -0.2) is 55.6 Å². The standard InChI is InChI=1S/C18H31N5O/c1-17(2,3)16(24)22-9-10-23(18(4,5)12-22)11-14-19-20-15(21(14)6)13-7-8-13/h13H,7-12H2,1-6H3. The molecule has 1 aliphatic carbocycles. The van der Waals surface area contributed by atoms with Gasteiger partial charge in [-0.15, -0.1) is 10.2 Å².